The van der Waals surface area contributed by atoms with Gasteiger partial charge in [-0.05, 0) is 29.4 Å². The predicted octanol–water partition coefficient (Wildman–Crippen LogP) is 2.63. The normalized spacial score (nSPS) is 14.4. The van der Waals surface area contributed by atoms with Crippen molar-refractivity contribution in [2.45, 2.75) is 18.6 Å². The van der Waals surface area contributed by atoms with E-state index in [-0.39, 0.29) is 12.6 Å². The zero-order chi connectivity index (χ0) is 12.2. The van der Waals surface area contributed by atoms with Gasteiger partial charge in [-0.2, -0.15) is 24.5 Å². The summed E-state index contributed by atoms with van der Waals surface area (Å²) in [5, 5.41) is 3.82. The minimum atomic E-state index is -4.11. The van der Waals surface area contributed by atoms with Crippen molar-refractivity contribution >= 4 is 11.3 Å². The molecule has 0 spiro atoms. The predicted molar refractivity (Wildman–Crippen MR) is 59.4 cm³/mol. The highest BCUT2D eigenvalue weighted by Crippen LogP contribution is 2.24. The first-order valence-corrected chi connectivity index (χ1v) is 5.87. The molecule has 1 aromatic heterocycles. The smallest absolute Gasteiger partial charge is 0.329 e. The average molecular weight is 252 g/mol. The van der Waals surface area contributed by atoms with Crippen LogP contribution in [0.2, 0.25) is 0 Å². The van der Waals surface area contributed by atoms with Crippen LogP contribution in [0.5, 0.6) is 0 Å². The largest absolute Gasteiger partial charge is 0.390 e. The molecule has 0 aliphatic rings. The number of thiophene rings is 1. The van der Waals surface area contributed by atoms with Crippen LogP contribution in [0.1, 0.15) is 18.0 Å². The first-order valence-electron chi connectivity index (χ1n) is 4.93. The van der Waals surface area contributed by atoms with E-state index in [9.17, 15) is 13.2 Å². The summed E-state index contributed by atoms with van der Waals surface area (Å²) in [4.78, 5) is 1.65. The van der Waals surface area contributed by atoms with Crippen LogP contribution in [0.15, 0.2) is 16.8 Å². The van der Waals surface area contributed by atoms with E-state index in [0.29, 0.717) is 6.54 Å². The second-order valence-corrected chi connectivity index (χ2v) is 4.43. The van der Waals surface area contributed by atoms with Crippen molar-refractivity contribution < 1.29 is 13.2 Å². The molecule has 2 nitrogen and oxygen atoms in total. The lowest BCUT2D eigenvalue weighted by Crippen LogP contribution is -2.33. The van der Waals surface area contributed by atoms with E-state index in [4.69, 9.17) is 5.73 Å². The molecule has 0 fully saturated rings. The molecular weight excluding hydrogens is 237 g/mol. The zero-order valence-electron chi connectivity index (χ0n) is 9.00. The van der Waals surface area contributed by atoms with Crippen LogP contribution in [0.4, 0.5) is 13.2 Å². The molecule has 1 atom stereocenters. The van der Waals surface area contributed by atoms with E-state index in [2.05, 4.69) is 0 Å². The molecule has 1 aromatic rings. The van der Waals surface area contributed by atoms with E-state index in [1.807, 2.05) is 16.8 Å². The van der Waals surface area contributed by atoms with E-state index in [1.165, 1.54) is 11.3 Å². The molecule has 0 saturated heterocycles. The second kappa shape index (κ2) is 5.65. The Kier molecular flexibility index (Phi) is 4.76. The topological polar surface area (TPSA) is 29.3 Å². The van der Waals surface area contributed by atoms with Crippen molar-refractivity contribution in [2.24, 2.45) is 5.73 Å². The number of alkyl halides is 3. The van der Waals surface area contributed by atoms with Crippen LogP contribution in [0.3, 0.4) is 0 Å². The number of rotatable bonds is 5. The van der Waals surface area contributed by atoms with Crippen LogP contribution < -0.4 is 5.73 Å². The first kappa shape index (κ1) is 13.5. The van der Waals surface area contributed by atoms with Gasteiger partial charge < -0.3 is 5.73 Å². The van der Waals surface area contributed by atoms with E-state index < -0.39 is 12.6 Å². The summed E-state index contributed by atoms with van der Waals surface area (Å²) in [6.07, 6.45) is -4.91. The maximum Gasteiger partial charge on any atom is 0.390 e. The summed E-state index contributed by atoms with van der Waals surface area (Å²) in [6.45, 7) is 0.298. The van der Waals surface area contributed by atoms with Crippen molar-refractivity contribution in [1.29, 1.82) is 0 Å². The fraction of sp³-hybridized carbons (Fsp3) is 0.600. The van der Waals surface area contributed by atoms with E-state index in [1.54, 1.807) is 11.9 Å². The number of likely N-dealkylation sites (N-methyl/N-ethyl adjacent to an activating group) is 1. The van der Waals surface area contributed by atoms with Gasteiger partial charge in [0.25, 0.3) is 0 Å². The molecular formula is C10H15F3N2S. The molecule has 0 bridgehead atoms. The van der Waals surface area contributed by atoms with Crippen molar-refractivity contribution in [3.8, 4) is 0 Å². The molecule has 0 amide bonds. The molecule has 1 rings (SSSR count). The molecule has 0 aromatic carbocycles. The Labute approximate surface area is 96.9 Å². The lowest BCUT2D eigenvalue weighted by Gasteiger charge is -2.26. The highest BCUT2D eigenvalue weighted by atomic mass is 32.1. The van der Waals surface area contributed by atoms with Crippen LogP contribution >= 0.6 is 11.3 Å². The molecule has 16 heavy (non-hydrogen) atoms. The lowest BCUT2D eigenvalue weighted by molar-refractivity contribution is -0.138. The maximum atomic E-state index is 12.1. The van der Waals surface area contributed by atoms with Gasteiger partial charge in [0.1, 0.15) is 0 Å². The lowest BCUT2D eigenvalue weighted by atomic mass is 10.1. The summed E-state index contributed by atoms with van der Waals surface area (Å²) >= 11 is 1.52. The average Bonchev–Trinajstić information content (AvgIpc) is 2.68. The molecule has 1 unspecified atom stereocenters. The van der Waals surface area contributed by atoms with Crippen molar-refractivity contribution in [3.05, 3.63) is 22.4 Å². The van der Waals surface area contributed by atoms with Crippen LogP contribution in [-0.2, 0) is 0 Å². The Balaban J connectivity index is 2.54. The molecule has 0 radical (unpaired) electrons. The van der Waals surface area contributed by atoms with Gasteiger partial charge in [0, 0.05) is 19.1 Å². The monoisotopic (exact) mass is 252 g/mol. The number of nitrogens with zero attached hydrogens (tertiary/aromatic N) is 1. The van der Waals surface area contributed by atoms with Crippen LogP contribution in [-0.4, -0.2) is 31.2 Å². The first-order chi connectivity index (χ1) is 7.44. The molecule has 6 heteroatoms. The maximum absolute atomic E-state index is 12.1. The van der Waals surface area contributed by atoms with Gasteiger partial charge in [0.2, 0.25) is 0 Å². The summed E-state index contributed by atoms with van der Waals surface area (Å²) < 4.78 is 36.2. The minimum Gasteiger partial charge on any atom is -0.329 e. The van der Waals surface area contributed by atoms with Gasteiger partial charge >= 0.3 is 6.18 Å². The summed E-state index contributed by atoms with van der Waals surface area (Å²) in [5.74, 6) is 0. The van der Waals surface area contributed by atoms with Gasteiger partial charge in [-0.25, -0.2) is 0 Å². The number of halogens is 3. The third-order valence-corrected chi connectivity index (χ3v) is 3.13. The van der Waals surface area contributed by atoms with Gasteiger partial charge in [-0.15, -0.1) is 0 Å². The highest BCUT2D eigenvalue weighted by Gasteiger charge is 2.28. The van der Waals surface area contributed by atoms with E-state index >= 15 is 0 Å². The van der Waals surface area contributed by atoms with Gasteiger partial charge in [0.15, 0.2) is 0 Å². The van der Waals surface area contributed by atoms with E-state index in [0.717, 1.165) is 5.56 Å². The number of hydrogen-bond acceptors (Lipinski definition) is 3. The molecule has 0 aliphatic carbocycles. The highest BCUT2D eigenvalue weighted by molar-refractivity contribution is 7.07. The van der Waals surface area contributed by atoms with Crippen molar-refractivity contribution in [3.63, 3.8) is 0 Å². The number of nitrogens with two attached hydrogens (primary N) is 1. The van der Waals surface area contributed by atoms with Crippen LogP contribution in [0.25, 0.3) is 0 Å². The minimum absolute atomic E-state index is 0.0266. The second-order valence-electron chi connectivity index (χ2n) is 3.65. The Morgan fingerprint density at radius 1 is 1.50 bits per heavy atom. The van der Waals surface area contributed by atoms with Crippen molar-refractivity contribution in [1.82, 2.24) is 4.90 Å². The summed E-state index contributed by atoms with van der Waals surface area (Å²) in [6, 6.07) is 1.76. The van der Waals surface area contributed by atoms with Crippen LogP contribution in [0, 0.1) is 0 Å². The Bertz CT molecular complexity index is 298. The fourth-order valence-electron chi connectivity index (χ4n) is 1.49. The molecule has 1 heterocycles. The van der Waals surface area contributed by atoms with Gasteiger partial charge in [-0.1, -0.05) is 0 Å². The molecule has 0 saturated carbocycles. The zero-order valence-corrected chi connectivity index (χ0v) is 9.81. The third kappa shape index (κ3) is 4.11. The van der Waals surface area contributed by atoms with Gasteiger partial charge in [0.05, 0.1) is 6.42 Å². The van der Waals surface area contributed by atoms with Crippen molar-refractivity contribution in [2.75, 3.05) is 20.1 Å². The van der Waals surface area contributed by atoms with Gasteiger partial charge in [-0.3, -0.25) is 4.90 Å². The molecule has 2 N–H and O–H groups in total. The SMILES string of the molecule is CN(CCC(F)(F)F)C(CN)c1ccsc1. The molecule has 0 aliphatic heterocycles. The summed E-state index contributed by atoms with van der Waals surface area (Å²) in [7, 11) is 1.67. The number of hydrogen-bond donors (Lipinski definition) is 1. The Hall–Kier alpha value is -0.590. The fourth-order valence-corrected chi connectivity index (χ4v) is 2.20. The Morgan fingerprint density at radius 2 is 2.19 bits per heavy atom. The standard InChI is InChI=1S/C10H15F3N2S/c1-15(4-3-10(11,12)13)9(6-14)8-2-5-16-7-8/h2,5,7,9H,3-4,6,14H2,1H3. The third-order valence-electron chi connectivity index (χ3n) is 2.43. The molecule has 92 valence electrons. The summed E-state index contributed by atoms with van der Waals surface area (Å²) in [5.41, 5.74) is 6.57. The quantitative estimate of drug-likeness (QED) is 0.873. The Morgan fingerprint density at radius 3 is 2.62 bits per heavy atom.